The number of rotatable bonds is 6. The Morgan fingerprint density at radius 2 is 1.91 bits per heavy atom. The van der Waals surface area contributed by atoms with Crippen molar-refractivity contribution in [1.82, 2.24) is 0 Å². The molecule has 0 aromatic heterocycles. The van der Waals surface area contributed by atoms with Crippen LogP contribution in [0.3, 0.4) is 0 Å². The van der Waals surface area contributed by atoms with E-state index < -0.39 is 11.9 Å². The summed E-state index contributed by atoms with van der Waals surface area (Å²) < 4.78 is 12.9. The lowest BCUT2D eigenvalue weighted by Crippen LogP contribution is -2.23. The van der Waals surface area contributed by atoms with Gasteiger partial charge in [0.1, 0.15) is 5.82 Å². The van der Waals surface area contributed by atoms with Crippen LogP contribution in [0.4, 0.5) is 10.1 Å². The van der Waals surface area contributed by atoms with Crippen LogP contribution in [0.25, 0.3) is 0 Å². The van der Waals surface area contributed by atoms with Gasteiger partial charge in [-0.25, -0.2) is 4.39 Å². The van der Waals surface area contributed by atoms with Crippen LogP contribution in [0.1, 0.15) is 15.9 Å². The van der Waals surface area contributed by atoms with E-state index in [-0.39, 0.29) is 18.9 Å². The second kappa shape index (κ2) is 7.35. The highest BCUT2D eigenvalue weighted by Gasteiger charge is 2.15. The zero-order valence-corrected chi connectivity index (χ0v) is 12.3. The molecule has 1 atom stereocenters. The largest absolute Gasteiger partial charge is 0.394 e. The monoisotopic (exact) mass is 323 g/mol. The van der Waals surface area contributed by atoms with E-state index in [0.29, 0.717) is 21.8 Å². The lowest BCUT2D eigenvalue weighted by molar-refractivity contribution is 0.103. The van der Waals surface area contributed by atoms with Crippen LogP contribution in [-0.2, 0) is 0 Å². The van der Waals surface area contributed by atoms with Crippen LogP contribution in [0.2, 0.25) is 5.02 Å². The van der Waals surface area contributed by atoms with Gasteiger partial charge in [0.25, 0.3) is 0 Å². The van der Waals surface area contributed by atoms with Crippen molar-refractivity contribution >= 4 is 23.1 Å². The number of aliphatic hydroxyl groups is 2. The molecule has 0 spiro atoms. The predicted molar refractivity (Wildman–Crippen MR) is 82.9 cm³/mol. The number of anilines is 1. The average molecular weight is 324 g/mol. The van der Waals surface area contributed by atoms with Gasteiger partial charge in [-0.2, -0.15) is 0 Å². The van der Waals surface area contributed by atoms with E-state index in [0.717, 1.165) is 0 Å². The number of hydrogen-bond acceptors (Lipinski definition) is 4. The Morgan fingerprint density at radius 1 is 1.23 bits per heavy atom. The highest BCUT2D eigenvalue weighted by molar-refractivity contribution is 6.31. The molecule has 0 saturated carbocycles. The molecule has 2 aromatic carbocycles. The summed E-state index contributed by atoms with van der Waals surface area (Å²) in [7, 11) is 0. The molecule has 22 heavy (non-hydrogen) atoms. The Bertz CT molecular complexity index is 661. The van der Waals surface area contributed by atoms with E-state index in [1.165, 1.54) is 30.3 Å². The molecule has 2 aromatic rings. The smallest absolute Gasteiger partial charge is 0.195 e. The van der Waals surface area contributed by atoms with Crippen LogP contribution in [0, 0.1) is 5.82 Å². The molecular formula is C16H15ClFNO3. The normalized spacial score (nSPS) is 12.0. The van der Waals surface area contributed by atoms with Gasteiger partial charge in [-0.15, -0.1) is 0 Å². The molecule has 3 N–H and O–H groups in total. The summed E-state index contributed by atoms with van der Waals surface area (Å²) in [5.41, 5.74) is 1.12. The maximum atomic E-state index is 12.9. The van der Waals surface area contributed by atoms with E-state index in [2.05, 4.69) is 5.32 Å². The standard InChI is InChI=1S/C16H15ClFNO3/c17-11-3-6-15(19-8-13(21)9-20)14(7-11)16(22)10-1-4-12(18)5-2-10/h1-7,13,19-21H,8-9H2. The number of nitrogens with one attached hydrogen (secondary N) is 1. The molecule has 0 aliphatic rings. The Labute approximate surface area is 132 Å². The zero-order valence-electron chi connectivity index (χ0n) is 11.6. The molecule has 0 saturated heterocycles. The molecule has 0 fully saturated rings. The number of hydrogen-bond donors (Lipinski definition) is 3. The fraction of sp³-hybridized carbons (Fsp3) is 0.188. The lowest BCUT2D eigenvalue weighted by atomic mass is 10.0. The number of halogens is 2. The number of ketones is 1. The summed E-state index contributed by atoms with van der Waals surface area (Å²) in [4.78, 5) is 12.5. The molecule has 4 nitrogen and oxygen atoms in total. The Morgan fingerprint density at radius 3 is 2.55 bits per heavy atom. The van der Waals surface area contributed by atoms with E-state index in [9.17, 15) is 14.3 Å². The lowest BCUT2D eigenvalue weighted by Gasteiger charge is -2.14. The van der Waals surface area contributed by atoms with Crippen LogP contribution < -0.4 is 5.32 Å². The van der Waals surface area contributed by atoms with Gasteiger partial charge >= 0.3 is 0 Å². The number of carbonyl (C=O) groups excluding carboxylic acids is 1. The fourth-order valence-electron chi connectivity index (χ4n) is 1.91. The van der Waals surface area contributed by atoms with Gasteiger partial charge in [-0.3, -0.25) is 4.79 Å². The van der Waals surface area contributed by atoms with Crippen molar-refractivity contribution in [3.63, 3.8) is 0 Å². The third kappa shape index (κ3) is 4.04. The molecule has 0 aliphatic carbocycles. The van der Waals surface area contributed by atoms with Gasteiger partial charge in [0, 0.05) is 28.4 Å². The maximum absolute atomic E-state index is 12.9. The van der Waals surface area contributed by atoms with Crippen molar-refractivity contribution in [1.29, 1.82) is 0 Å². The SMILES string of the molecule is O=C(c1ccc(F)cc1)c1cc(Cl)ccc1NCC(O)CO. The third-order valence-electron chi connectivity index (χ3n) is 3.07. The molecule has 2 rings (SSSR count). The van der Waals surface area contributed by atoms with Crippen molar-refractivity contribution in [3.8, 4) is 0 Å². The first kappa shape index (κ1) is 16.4. The first-order valence-electron chi connectivity index (χ1n) is 6.64. The van der Waals surface area contributed by atoms with Gasteiger partial charge in [-0.1, -0.05) is 11.6 Å². The first-order chi connectivity index (χ1) is 10.5. The van der Waals surface area contributed by atoms with Crippen molar-refractivity contribution < 1.29 is 19.4 Å². The minimum atomic E-state index is -0.940. The van der Waals surface area contributed by atoms with E-state index in [4.69, 9.17) is 16.7 Å². The summed E-state index contributed by atoms with van der Waals surface area (Å²) in [5, 5.41) is 21.5. The van der Waals surface area contributed by atoms with Crippen LogP contribution in [0.5, 0.6) is 0 Å². The summed E-state index contributed by atoms with van der Waals surface area (Å²) >= 11 is 5.93. The topological polar surface area (TPSA) is 69.6 Å². The van der Waals surface area contributed by atoms with Crippen LogP contribution >= 0.6 is 11.6 Å². The molecule has 0 amide bonds. The minimum Gasteiger partial charge on any atom is -0.394 e. The van der Waals surface area contributed by atoms with E-state index in [1.54, 1.807) is 12.1 Å². The van der Waals surface area contributed by atoms with E-state index in [1.807, 2.05) is 0 Å². The van der Waals surface area contributed by atoms with Crippen LogP contribution in [-0.4, -0.2) is 35.3 Å². The molecule has 1 unspecified atom stereocenters. The quantitative estimate of drug-likeness (QED) is 0.714. The van der Waals surface area contributed by atoms with Crippen molar-refractivity contribution in [2.75, 3.05) is 18.5 Å². The Kier molecular flexibility index (Phi) is 5.49. The highest BCUT2D eigenvalue weighted by atomic mass is 35.5. The van der Waals surface area contributed by atoms with E-state index >= 15 is 0 Å². The second-order valence-electron chi connectivity index (χ2n) is 4.74. The Hall–Kier alpha value is -1.95. The average Bonchev–Trinajstić information content (AvgIpc) is 2.53. The third-order valence-corrected chi connectivity index (χ3v) is 3.31. The van der Waals surface area contributed by atoms with Crippen molar-refractivity contribution in [2.24, 2.45) is 0 Å². The highest BCUT2D eigenvalue weighted by Crippen LogP contribution is 2.24. The summed E-state index contributed by atoms with van der Waals surface area (Å²) in [6.07, 6.45) is -0.940. The fourth-order valence-corrected chi connectivity index (χ4v) is 2.08. The van der Waals surface area contributed by atoms with Gasteiger partial charge < -0.3 is 15.5 Å². The molecule has 0 bridgehead atoms. The molecule has 116 valence electrons. The number of aliphatic hydroxyl groups excluding tert-OH is 2. The molecule has 6 heteroatoms. The molecule has 0 radical (unpaired) electrons. The summed E-state index contributed by atoms with van der Waals surface area (Å²) in [6.45, 7) is -0.302. The van der Waals surface area contributed by atoms with Gasteiger partial charge in [0.05, 0.1) is 12.7 Å². The minimum absolute atomic E-state index is 0.0851. The predicted octanol–water partition coefficient (Wildman–Crippen LogP) is 2.48. The Balaban J connectivity index is 2.30. The molecular weight excluding hydrogens is 309 g/mol. The van der Waals surface area contributed by atoms with Gasteiger partial charge in [-0.05, 0) is 42.5 Å². The van der Waals surface area contributed by atoms with Crippen molar-refractivity contribution in [2.45, 2.75) is 6.10 Å². The van der Waals surface area contributed by atoms with Crippen LogP contribution in [0.15, 0.2) is 42.5 Å². The first-order valence-corrected chi connectivity index (χ1v) is 7.01. The molecule has 0 aliphatic heterocycles. The number of carbonyl (C=O) groups is 1. The summed E-state index contributed by atoms with van der Waals surface area (Å²) in [6, 6.07) is 9.93. The van der Waals surface area contributed by atoms with Gasteiger partial charge in [0.2, 0.25) is 0 Å². The molecule has 0 heterocycles. The summed E-state index contributed by atoms with van der Waals surface area (Å²) in [5.74, 6) is -0.740. The second-order valence-corrected chi connectivity index (χ2v) is 5.18. The van der Waals surface area contributed by atoms with Gasteiger partial charge in [0.15, 0.2) is 5.78 Å². The zero-order chi connectivity index (χ0) is 16.1. The van der Waals surface area contributed by atoms with Crippen molar-refractivity contribution in [3.05, 3.63) is 64.4 Å². The maximum Gasteiger partial charge on any atom is 0.195 e. The number of benzene rings is 2.